The molecule has 23 heavy (non-hydrogen) atoms. The molecule has 128 valence electrons. The summed E-state index contributed by atoms with van der Waals surface area (Å²) in [5.41, 5.74) is 0.763. The van der Waals surface area contributed by atoms with Gasteiger partial charge in [0.05, 0.1) is 0 Å². The van der Waals surface area contributed by atoms with Crippen molar-refractivity contribution in [3.63, 3.8) is 0 Å². The maximum absolute atomic E-state index is 11.7. The van der Waals surface area contributed by atoms with E-state index in [0.717, 1.165) is 31.3 Å². The summed E-state index contributed by atoms with van der Waals surface area (Å²) < 4.78 is 11.6. The van der Waals surface area contributed by atoms with Crippen molar-refractivity contribution in [1.82, 2.24) is 0 Å². The molecule has 0 aromatic heterocycles. The number of hydrogen-bond donors (Lipinski definition) is 0. The van der Waals surface area contributed by atoms with Crippen LogP contribution >= 0.6 is 0 Å². The average Bonchev–Trinajstić information content (AvgIpc) is 2.73. The Morgan fingerprint density at radius 3 is 2.26 bits per heavy atom. The van der Waals surface area contributed by atoms with Crippen molar-refractivity contribution in [3.8, 4) is 0 Å². The second-order valence-corrected chi connectivity index (χ2v) is 8.33. The van der Waals surface area contributed by atoms with E-state index in [9.17, 15) is 9.59 Å². The maximum Gasteiger partial charge on any atom is 0.302 e. The van der Waals surface area contributed by atoms with Crippen LogP contribution in [0.25, 0.3) is 0 Å². The van der Waals surface area contributed by atoms with Crippen LogP contribution in [-0.4, -0.2) is 24.1 Å². The summed E-state index contributed by atoms with van der Waals surface area (Å²) in [5, 5.41) is 0. The lowest BCUT2D eigenvalue weighted by Crippen LogP contribution is -2.45. The first-order chi connectivity index (χ1) is 10.6. The van der Waals surface area contributed by atoms with Crippen LogP contribution in [-0.2, 0) is 19.1 Å². The van der Waals surface area contributed by atoms with Gasteiger partial charge in [-0.1, -0.05) is 32.9 Å². The van der Waals surface area contributed by atoms with Crippen LogP contribution in [0.2, 0.25) is 0 Å². The Morgan fingerprint density at radius 2 is 1.70 bits per heavy atom. The molecule has 0 aliphatic heterocycles. The zero-order valence-electron chi connectivity index (χ0n) is 14.9. The monoisotopic (exact) mass is 320 g/mol. The van der Waals surface area contributed by atoms with E-state index >= 15 is 0 Å². The van der Waals surface area contributed by atoms with E-state index in [2.05, 4.69) is 27.4 Å². The van der Waals surface area contributed by atoms with Crippen molar-refractivity contribution < 1.29 is 19.1 Å². The Balaban J connectivity index is 2.13. The highest BCUT2D eigenvalue weighted by molar-refractivity contribution is 5.67. The second-order valence-electron chi connectivity index (χ2n) is 8.33. The number of ether oxygens (including phenoxy) is 2. The Kier molecular flexibility index (Phi) is 3.48. The van der Waals surface area contributed by atoms with Crippen molar-refractivity contribution >= 4 is 11.9 Å². The molecule has 4 heteroatoms. The van der Waals surface area contributed by atoms with E-state index < -0.39 is 0 Å². The Labute approximate surface area is 138 Å². The van der Waals surface area contributed by atoms with Gasteiger partial charge < -0.3 is 9.47 Å². The minimum atomic E-state index is -0.239. The summed E-state index contributed by atoms with van der Waals surface area (Å²) >= 11 is 0. The molecule has 2 bridgehead atoms. The van der Waals surface area contributed by atoms with Crippen molar-refractivity contribution in [2.75, 3.05) is 0 Å². The van der Waals surface area contributed by atoms with Crippen LogP contribution in [0, 0.1) is 22.2 Å². The van der Waals surface area contributed by atoms with E-state index in [4.69, 9.17) is 9.47 Å². The van der Waals surface area contributed by atoms with Gasteiger partial charge in [0.2, 0.25) is 0 Å². The van der Waals surface area contributed by atoms with Gasteiger partial charge in [-0.3, -0.25) is 9.59 Å². The fraction of sp³-hybridized carbons (Fsp3) is 0.789. The highest BCUT2D eigenvalue weighted by Gasteiger charge is 2.77. The van der Waals surface area contributed by atoms with E-state index in [1.165, 1.54) is 13.8 Å². The van der Waals surface area contributed by atoms with Crippen molar-refractivity contribution in [2.45, 2.75) is 72.5 Å². The van der Waals surface area contributed by atoms with Crippen molar-refractivity contribution in [1.29, 1.82) is 0 Å². The first-order valence-corrected chi connectivity index (χ1v) is 8.60. The predicted molar refractivity (Wildman–Crippen MR) is 86.5 cm³/mol. The SMILES string of the molecule is C=C1CC[C@]2(C)[C@H](OC(C)=O)[C@H]1[C@]1(C)[C@@H](OC(C)=O)CC[C@@]12C. The van der Waals surface area contributed by atoms with Gasteiger partial charge in [0.1, 0.15) is 12.2 Å². The summed E-state index contributed by atoms with van der Waals surface area (Å²) in [4.78, 5) is 23.3. The lowest BCUT2D eigenvalue weighted by Gasteiger charge is -2.46. The molecule has 3 fully saturated rings. The fourth-order valence-corrected chi connectivity index (χ4v) is 6.18. The van der Waals surface area contributed by atoms with Gasteiger partial charge in [-0.25, -0.2) is 0 Å². The van der Waals surface area contributed by atoms with Gasteiger partial charge in [0.25, 0.3) is 0 Å². The largest absolute Gasteiger partial charge is 0.462 e. The Bertz CT molecular complexity index is 582. The van der Waals surface area contributed by atoms with Crippen LogP contribution in [0.1, 0.15) is 60.3 Å². The van der Waals surface area contributed by atoms with Gasteiger partial charge in [0.15, 0.2) is 0 Å². The molecule has 0 radical (unpaired) electrons. The number of carbonyl (C=O) groups is 2. The third-order valence-corrected chi connectivity index (χ3v) is 7.61. The quantitative estimate of drug-likeness (QED) is 0.576. The molecule has 3 aliphatic rings. The standard InChI is InChI=1S/C19H28O4/c1-11-7-9-17(4)16(23-13(3)21)15(11)19(6)14(22-12(2)20)8-10-18(17,19)5/h14-16H,1,7-10H2,2-6H3/t14-,15-,16+,17+,18+,19-/m0/s1. The number of hydrogen-bond acceptors (Lipinski definition) is 4. The summed E-state index contributed by atoms with van der Waals surface area (Å²) in [6.45, 7) is 14.0. The third-order valence-electron chi connectivity index (χ3n) is 7.61. The van der Waals surface area contributed by atoms with Crippen molar-refractivity contribution in [3.05, 3.63) is 12.2 Å². The molecule has 6 atom stereocenters. The van der Waals surface area contributed by atoms with Crippen LogP contribution in [0.4, 0.5) is 0 Å². The van der Waals surface area contributed by atoms with Crippen LogP contribution < -0.4 is 0 Å². The topological polar surface area (TPSA) is 52.6 Å². The second kappa shape index (κ2) is 4.84. The number of fused-ring (bicyclic) bond motifs is 5. The zero-order chi connectivity index (χ0) is 17.2. The molecule has 0 aromatic carbocycles. The number of esters is 2. The first-order valence-electron chi connectivity index (χ1n) is 8.60. The molecule has 0 unspecified atom stereocenters. The highest BCUT2D eigenvalue weighted by atomic mass is 16.6. The first kappa shape index (κ1) is 16.5. The minimum absolute atomic E-state index is 0.0374. The van der Waals surface area contributed by atoms with E-state index in [-0.39, 0.29) is 46.3 Å². The molecule has 0 saturated heterocycles. The molecular formula is C19H28O4. The minimum Gasteiger partial charge on any atom is -0.462 e. The smallest absolute Gasteiger partial charge is 0.302 e. The molecule has 3 aliphatic carbocycles. The predicted octanol–water partition coefficient (Wildman–Crippen LogP) is 3.64. The normalized spacial score (nSPS) is 48.0. The number of rotatable bonds is 2. The third kappa shape index (κ3) is 1.84. The van der Waals surface area contributed by atoms with E-state index in [1.807, 2.05) is 0 Å². The van der Waals surface area contributed by atoms with Gasteiger partial charge in [-0.15, -0.1) is 0 Å². The average molecular weight is 320 g/mol. The van der Waals surface area contributed by atoms with Gasteiger partial charge in [-0.05, 0) is 31.1 Å². The molecule has 3 saturated carbocycles. The molecule has 4 nitrogen and oxygen atoms in total. The van der Waals surface area contributed by atoms with Gasteiger partial charge >= 0.3 is 11.9 Å². The molecule has 0 aromatic rings. The molecular weight excluding hydrogens is 292 g/mol. The lowest BCUT2D eigenvalue weighted by molar-refractivity contribution is -0.160. The highest BCUT2D eigenvalue weighted by Crippen LogP contribution is 2.77. The van der Waals surface area contributed by atoms with E-state index in [0.29, 0.717) is 0 Å². The van der Waals surface area contributed by atoms with Gasteiger partial charge in [0, 0.05) is 30.6 Å². The zero-order valence-corrected chi connectivity index (χ0v) is 14.9. The maximum atomic E-state index is 11.7. The molecule has 0 spiro atoms. The Hall–Kier alpha value is -1.32. The summed E-state index contributed by atoms with van der Waals surface area (Å²) in [5.74, 6) is -0.416. The van der Waals surface area contributed by atoms with Crippen LogP contribution in [0.3, 0.4) is 0 Å². The van der Waals surface area contributed by atoms with Crippen LogP contribution in [0.5, 0.6) is 0 Å². The lowest BCUT2D eigenvalue weighted by atomic mass is 9.58. The van der Waals surface area contributed by atoms with E-state index in [1.54, 1.807) is 0 Å². The van der Waals surface area contributed by atoms with Crippen molar-refractivity contribution in [2.24, 2.45) is 22.2 Å². The molecule has 0 N–H and O–H groups in total. The summed E-state index contributed by atoms with van der Waals surface area (Å²) in [6, 6.07) is 0. The summed E-state index contributed by atoms with van der Waals surface area (Å²) in [6.07, 6.45) is 3.48. The molecule has 0 heterocycles. The molecule has 3 rings (SSSR count). The Morgan fingerprint density at radius 1 is 1.09 bits per heavy atom. The molecule has 0 amide bonds. The number of carbonyl (C=O) groups excluding carboxylic acids is 2. The van der Waals surface area contributed by atoms with Gasteiger partial charge in [-0.2, -0.15) is 0 Å². The fourth-order valence-electron chi connectivity index (χ4n) is 6.18. The summed E-state index contributed by atoms with van der Waals surface area (Å²) in [7, 11) is 0. The van der Waals surface area contributed by atoms with Crippen LogP contribution in [0.15, 0.2) is 12.2 Å².